The number of rotatable bonds is 5. The third kappa shape index (κ3) is 4.29. The number of carbonyl (C=O) groups is 2. The Kier molecular flexibility index (Phi) is 5.03. The molecule has 2 aromatic carbocycles. The van der Waals surface area contributed by atoms with Gasteiger partial charge >= 0.3 is 6.01 Å². The number of hydrogen-bond donors (Lipinski definition) is 1. The fraction of sp³-hybridized carbons (Fsp3) is 0.200. The summed E-state index contributed by atoms with van der Waals surface area (Å²) < 4.78 is 31.5. The number of nitrogens with one attached hydrogen (secondary N) is 1. The zero-order valence-corrected chi connectivity index (χ0v) is 15.1. The Bertz CT molecular complexity index is 1030. The summed E-state index contributed by atoms with van der Waals surface area (Å²) in [4.78, 5) is 25.9. The first kappa shape index (κ1) is 18.7. The number of nitrogens with zero attached hydrogens (tertiary/aromatic N) is 3. The molecule has 2 amide bonds. The van der Waals surface area contributed by atoms with Gasteiger partial charge in [0.1, 0.15) is 11.6 Å². The van der Waals surface area contributed by atoms with Crippen LogP contribution in [0.4, 0.5) is 20.5 Å². The van der Waals surface area contributed by atoms with Crippen LogP contribution in [-0.4, -0.2) is 28.6 Å². The fourth-order valence-electron chi connectivity index (χ4n) is 3.14. The molecule has 1 atom stereocenters. The molecule has 1 saturated heterocycles. The van der Waals surface area contributed by atoms with Gasteiger partial charge in [-0.2, -0.15) is 0 Å². The monoisotopic (exact) mass is 398 g/mol. The molecule has 0 aliphatic carbocycles. The van der Waals surface area contributed by atoms with E-state index in [1.54, 1.807) is 0 Å². The first-order valence-electron chi connectivity index (χ1n) is 8.91. The Morgan fingerprint density at radius 2 is 1.72 bits per heavy atom. The summed E-state index contributed by atoms with van der Waals surface area (Å²) in [6, 6.07) is 11.2. The minimum Gasteiger partial charge on any atom is -0.407 e. The van der Waals surface area contributed by atoms with Crippen molar-refractivity contribution in [1.29, 1.82) is 0 Å². The second kappa shape index (κ2) is 7.78. The van der Waals surface area contributed by atoms with Crippen LogP contribution in [0.3, 0.4) is 0 Å². The average Bonchev–Trinajstić information content (AvgIpc) is 3.31. The minimum atomic E-state index is -0.387. The van der Waals surface area contributed by atoms with Crippen molar-refractivity contribution < 1.29 is 22.8 Å². The quantitative estimate of drug-likeness (QED) is 0.714. The van der Waals surface area contributed by atoms with Gasteiger partial charge in [0, 0.05) is 18.7 Å². The number of carbonyl (C=O) groups excluding carboxylic acids is 2. The van der Waals surface area contributed by atoms with Crippen molar-refractivity contribution >= 4 is 23.5 Å². The average molecular weight is 398 g/mol. The van der Waals surface area contributed by atoms with Crippen LogP contribution in [0.1, 0.15) is 23.8 Å². The van der Waals surface area contributed by atoms with E-state index in [4.69, 9.17) is 4.42 Å². The lowest BCUT2D eigenvalue weighted by Gasteiger charge is -2.15. The van der Waals surface area contributed by atoms with Gasteiger partial charge in [-0.1, -0.05) is 17.2 Å². The smallest absolute Gasteiger partial charge is 0.322 e. The Balaban J connectivity index is 1.38. The molecular weight excluding hydrogens is 382 g/mol. The lowest BCUT2D eigenvalue weighted by molar-refractivity contribution is -0.117. The van der Waals surface area contributed by atoms with Gasteiger partial charge in [0.15, 0.2) is 0 Å². The Hall–Kier alpha value is -3.62. The topological polar surface area (TPSA) is 88.3 Å². The highest BCUT2D eigenvalue weighted by molar-refractivity contribution is 5.96. The predicted octanol–water partition coefficient (Wildman–Crippen LogP) is 3.05. The molecule has 1 aromatic heterocycles. The molecule has 0 radical (unpaired) electrons. The molecule has 1 aliphatic heterocycles. The zero-order valence-electron chi connectivity index (χ0n) is 15.1. The SMILES string of the molecule is O=C(Cc1ccc(F)cc1)Nc1nnc([C@H]2CC(=O)N(c3ccc(F)cc3)C2)o1. The van der Waals surface area contributed by atoms with Gasteiger partial charge in [0.2, 0.25) is 17.7 Å². The normalized spacial score (nSPS) is 16.3. The summed E-state index contributed by atoms with van der Waals surface area (Å²) >= 11 is 0. The summed E-state index contributed by atoms with van der Waals surface area (Å²) in [6.45, 7) is 0.315. The maximum absolute atomic E-state index is 13.1. The van der Waals surface area contributed by atoms with E-state index in [0.717, 1.165) is 0 Å². The summed E-state index contributed by atoms with van der Waals surface area (Å²) in [7, 11) is 0. The molecule has 1 fully saturated rings. The second-order valence-corrected chi connectivity index (χ2v) is 6.68. The Morgan fingerprint density at radius 3 is 2.41 bits per heavy atom. The van der Waals surface area contributed by atoms with Gasteiger partial charge in [-0.25, -0.2) is 8.78 Å². The maximum atomic E-state index is 13.1. The Morgan fingerprint density at radius 1 is 1.07 bits per heavy atom. The molecular formula is C20H16F2N4O3. The van der Waals surface area contributed by atoms with E-state index in [0.29, 0.717) is 17.8 Å². The van der Waals surface area contributed by atoms with Gasteiger partial charge in [-0.05, 0) is 42.0 Å². The van der Waals surface area contributed by atoms with E-state index >= 15 is 0 Å². The number of hydrogen-bond acceptors (Lipinski definition) is 5. The van der Waals surface area contributed by atoms with Crippen LogP contribution in [0.2, 0.25) is 0 Å². The maximum Gasteiger partial charge on any atom is 0.322 e. The molecule has 148 valence electrons. The van der Waals surface area contributed by atoms with E-state index in [1.165, 1.54) is 53.4 Å². The molecule has 0 spiro atoms. The van der Waals surface area contributed by atoms with Gasteiger partial charge in [0.05, 0.1) is 12.3 Å². The van der Waals surface area contributed by atoms with Crippen LogP contribution in [0.15, 0.2) is 52.9 Å². The summed E-state index contributed by atoms with van der Waals surface area (Å²) in [5.41, 5.74) is 1.23. The van der Waals surface area contributed by atoms with Gasteiger partial charge in [-0.3, -0.25) is 14.9 Å². The van der Waals surface area contributed by atoms with E-state index in [2.05, 4.69) is 15.5 Å². The van der Waals surface area contributed by atoms with Crippen LogP contribution >= 0.6 is 0 Å². The van der Waals surface area contributed by atoms with Crippen LogP contribution in [0.25, 0.3) is 0 Å². The highest BCUT2D eigenvalue weighted by atomic mass is 19.1. The van der Waals surface area contributed by atoms with Crippen molar-refractivity contribution in [1.82, 2.24) is 10.2 Å². The van der Waals surface area contributed by atoms with Crippen LogP contribution in [-0.2, 0) is 16.0 Å². The number of amides is 2. The summed E-state index contributed by atoms with van der Waals surface area (Å²) in [5, 5.41) is 10.2. The molecule has 0 bridgehead atoms. The standard InChI is InChI=1S/C20H16F2N4O3/c21-14-3-1-12(2-4-14)9-17(27)23-20-25-24-19(29-20)13-10-18(28)26(11-13)16-7-5-15(22)6-8-16/h1-8,13H,9-11H2,(H,23,25,27)/t13-/m0/s1. The van der Waals surface area contributed by atoms with E-state index in [1.807, 2.05) is 0 Å². The molecule has 1 N–H and O–H groups in total. The molecule has 9 heteroatoms. The zero-order chi connectivity index (χ0) is 20.4. The molecule has 4 rings (SSSR count). The van der Waals surface area contributed by atoms with Crippen molar-refractivity contribution in [3.05, 3.63) is 71.6 Å². The first-order chi connectivity index (χ1) is 14.0. The molecule has 1 aliphatic rings. The van der Waals surface area contributed by atoms with Crippen LogP contribution < -0.4 is 10.2 Å². The molecule has 0 saturated carbocycles. The number of aromatic nitrogens is 2. The minimum absolute atomic E-state index is 0.0260. The van der Waals surface area contributed by atoms with E-state index in [9.17, 15) is 18.4 Å². The number of anilines is 2. The lowest BCUT2D eigenvalue weighted by atomic mass is 10.1. The lowest BCUT2D eigenvalue weighted by Crippen LogP contribution is -2.24. The first-order valence-corrected chi connectivity index (χ1v) is 8.91. The van der Waals surface area contributed by atoms with Gasteiger partial charge in [-0.15, -0.1) is 5.10 Å². The van der Waals surface area contributed by atoms with Crippen molar-refractivity contribution in [3.8, 4) is 0 Å². The summed E-state index contributed by atoms with van der Waals surface area (Å²) in [5.74, 6) is -1.38. The summed E-state index contributed by atoms with van der Waals surface area (Å²) in [6.07, 6.45) is 0.195. The van der Waals surface area contributed by atoms with Crippen LogP contribution in [0, 0.1) is 11.6 Å². The van der Waals surface area contributed by atoms with Crippen molar-refractivity contribution in [2.75, 3.05) is 16.8 Å². The Labute approximate surface area is 164 Å². The highest BCUT2D eigenvalue weighted by Crippen LogP contribution is 2.31. The fourth-order valence-corrected chi connectivity index (χ4v) is 3.14. The molecule has 0 unspecified atom stereocenters. The van der Waals surface area contributed by atoms with E-state index in [-0.39, 0.29) is 54.1 Å². The number of halogens is 2. The molecule has 3 aromatic rings. The third-order valence-corrected chi connectivity index (χ3v) is 4.58. The highest BCUT2D eigenvalue weighted by Gasteiger charge is 2.35. The number of benzene rings is 2. The predicted molar refractivity (Wildman–Crippen MR) is 99.1 cm³/mol. The molecule has 7 nitrogen and oxygen atoms in total. The van der Waals surface area contributed by atoms with E-state index < -0.39 is 0 Å². The molecule has 2 heterocycles. The van der Waals surface area contributed by atoms with Crippen LogP contribution in [0.5, 0.6) is 0 Å². The van der Waals surface area contributed by atoms with Crippen molar-refractivity contribution in [3.63, 3.8) is 0 Å². The van der Waals surface area contributed by atoms with Gasteiger partial charge in [0.25, 0.3) is 0 Å². The molecule has 29 heavy (non-hydrogen) atoms. The van der Waals surface area contributed by atoms with Crippen molar-refractivity contribution in [2.24, 2.45) is 0 Å². The van der Waals surface area contributed by atoms with Crippen molar-refractivity contribution in [2.45, 2.75) is 18.8 Å². The van der Waals surface area contributed by atoms with Gasteiger partial charge < -0.3 is 9.32 Å². The largest absolute Gasteiger partial charge is 0.407 e. The third-order valence-electron chi connectivity index (χ3n) is 4.58. The second-order valence-electron chi connectivity index (χ2n) is 6.68.